The second-order valence-electron chi connectivity index (χ2n) is 8.43. The quantitative estimate of drug-likeness (QED) is 0.786. The molecule has 0 unspecified atom stereocenters. The van der Waals surface area contributed by atoms with Crippen molar-refractivity contribution in [2.24, 2.45) is 5.92 Å². The Labute approximate surface area is 170 Å². The molecule has 1 aliphatic heterocycles. The first-order valence-corrected chi connectivity index (χ1v) is 10.2. The van der Waals surface area contributed by atoms with E-state index in [1.807, 2.05) is 36.2 Å². The highest BCUT2D eigenvalue weighted by molar-refractivity contribution is 6.07. The molecule has 8 heteroatoms. The van der Waals surface area contributed by atoms with E-state index in [0.717, 1.165) is 36.9 Å². The standard InChI is InChI=1S/C21H28N6O2/c1-15-8-10-21(11-9-15)19(28)26(20(29)24-21)14-25(3)16(2)17-4-6-18(7-5-17)27-13-22-12-23-27/h4-7,12-13,15-16H,8-11,14H2,1-3H3,(H,24,29)/t15?,16-,21?/m1/s1. The van der Waals surface area contributed by atoms with Gasteiger partial charge in [-0.05, 0) is 63.3 Å². The molecule has 0 bridgehead atoms. The number of hydrogen-bond acceptors (Lipinski definition) is 5. The van der Waals surface area contributed by atoms with Crippen molar-refractivity contribution in [3.63, 3.8) is 0 Å². The summed E-state index contributed by atoms with van der Waals surface area (Å²) in [6.07, 6.45) is 6.58. The predicted octanol–water partition coefficient (Wildman–Crippen LogP) is 2.72. The van der Waals surface area contributed by atoms with Gasteiger partial charge in [-0.3, -0.25) is 9.69 Å². The SMILES string of the molecule is CC1CCC2(CC1)NC(=O)N(CN(C)[C@H](C)c1ccc(-n3cncn3)cc1)C2=O. The second kappa shape index (κ2) is 7.59. The molecule has 1 aliphatic carbocycles. The first-order chi connectivity index (χ1) is 13.9. The largest absolute Gasteiger partial charge is 0.326 e. The maximum atomic E-state index is 13.1. The van der Waals surface area contributed by atoms with Crippen LogP contribution in [-0.2, 0) is 4.79 Å². The van der Waals surface area contributed by atoms with E-state index >= 15 is 0 Å². The summed E-state index contributed by atoms with van der Waals surface area (Å²) in [5, 5.41) is 7.13. The highest BCUT2D eigenvalue weighted by Gasteiger charge is 2.52. The molecule has 1 atom stereocenters. The first kappa shape index (κ1) is 19.6. The summed E-state index contributed by atoms with van der Waals surface area (Å²) in [7, 11) is 1.94. The Morgan fingerprint density at radius 3 is 2.55 bits per heavy atom. The lowest BCUT2D eigenvalue weighted by Crippen LogP contribution is -2.50. The Bertz CT molecular complexity index is 871. The molecule has 0 radical (unpaired) electrons. The molecule has 8 nitrogen and oxygen atoms in total. The smallest absolute Gasteiger partial charge is 0.323 e. The molecule has 2 aromatic rings. The van der Waals surface area contributed by atoms with Gasteiger partial charge in [0.05, 0.1) is 12.4 Å². The molecule has 1 saturated carbocycles. The van der Waals surface area contributed by atoms with Gasteiger partial charge in [-0.2, -0.15) is 5.10 Å². The van der Waals surface area contributed by atoms with Crippen molar-refractivity contribution in [2.75, 3.05) is 13.7 Å². The third-order valence-corrected chi connectivity index (χ3v) is 6.46. The van der Waals surface area contributed by atoms with E-state index < -0.39 is 5.54 Å². The van der Waals surface area contributed by atoms with E-state index in [1.165, 1.54) is 11.2 Å². The average molecular weight is 396 g/mol. The van der Waals surface area contributed by atoms with Crippen molar-refractivity contribution in [3.8, 4) is 5.69 Å². The number of carbonyl (C=O) groups is 2. The van der Waals surface area contributed by atoms with Crippen molar-refractivity contribution in [2.45, 2.75) is 51.1 Å². The van der Waals surface area contributed by atoms with Crippen molar-refractivity contribution in [3.05, 3.63) is 42.5 Å². The van der Waals surface area contributed by atoms with Gasteiger partial charge in [0.2, 0.25) is 0 Å². The minimum absolute atomic E-state index is 0.0447. The summed E-state index contributed by atoms with van der Waals surface area (Å²) in [6, 6.07) is 7.82. The fourth-order valence-corrected chi connectivity index (χ4v) is 4.25. The zero-order valence-corrected chi connectivity index (χ0v) is 17.2. The third-order valence-electron chi connectivity index (χ3n) is 6.46. The number of hydrogen-bond donors (Lipinski definition) is 1. The summed E-state index contributed by atoms with van der Waals surface area (Å²) >= 11 is 0. The van der Waals surface area contributed by atoms with Crippen molar-refractivity contribution < 1.29 is 9.59 Å². The number of amides is 3. The lowest BCUT2D eigenvalue weighted by Gasteiger charge is -2.34. The van der Waals surface area contributed by atoms with Gasteiger partial charge in [0, 0.05) is 6.04 Å². The Balaban J connectivity index is 1.42. The minimum atomic E-state index is -0.687. The van der Waals surface area contributed by atoms with Crippen LogP contribution in [0.25, 0.3) is 5.69 Å². The molecule has 1 aromatic carbocycles. The number of imide groups is 1. The Morgan fingerprint density at radius 1 is 1.24 bits per heavy atom. The van der Waals surface area contributed by atoms with Crippen LogP contribution in [0.3, 0.4) is 0 Å². The molecular formula is C21H28N6O2. The number of aromatic nitrogens is 3. The molecule has 2 heterocycles. The molecule has 3 amide bonds. The first-order valence-electron chi connectivity index (χ1n) is 10.2. The van der Waals surface area contributed by atoms with Crippen molar-refractivity contribution >= 4 is 11.9 Å². The molecule has 154 valence electrons. The molecule has 2 fully saturated rings. The topological polar surface area (TPSA) is 83.4 Å². The number of nitrogens with zero attached hydrogens (tertiary/aromatic N) is 5. The number of urea groups is 1. The van der Waals surface area contributed by atoms with Crippen LogP contribution in [0.5, 0.6) is 0 Å². The summed E-state index contributed by atoms with van der Waals surface area (Å²) in [5.41, 5.74) is 1.35. The van der Waals surface area contributed by atoms with Gasteiger partial charge in [0.15, 0.2) is 0 Å². The third kappa shape index (κ3) is 3.64. The van der Waals surface area contributed by atoms with Crippen LogP contribution in [0, 0.1) is 5.92 Å². The predicted molar refractivity (Wildman–Crippen MR) is 108 cm³/mol. The second-order valence-corrected chi connectivity index (χ2v) is 8.43. The zero-order valence-electron chi connectivity index (χ0n) is 17.2. The summed E-state index contributed by atoms with van der Waals surface area (Å²) in [4.78, 5) is 33.0. The van der Waals surface area contributed by atoms with Crippen LogP contribution in [0.1, 0.15) is 51.1 Å². The van der Waals surface area contributed by atoms with Crippen LogP contribution in [0.2, 0.25) is 0 Å². The zero-order chi connectivity index (χ0) is 20.6. The highest BCUT2D eigenvalue weighted by Crippen LogP contribution is 2.36. The maximum absolute atomic E-state index is 13.1. The van der Waals surface area contributed by atoms with Crippen LogP contribution in [-0.4, -0.2) is 55.8 Å². The molecular weight excluding hydrogens is 368 g/mol. The van der Waals surface area contributed by atoms with Gasteiger partial charge in [-0.25, -0.2) is 19.4 Å². The normalized spacial score (nSPS) is 25.7. The highest BCUT2D eigenvalue weighted by atomic mass is 16.2. The van der Waals surface area contributed by atoms with E-state index in [1.54, 1.807) is 11.0 Å². The van der Waals surface area contributed by atoms with Gasteiger partial charge in [-0.1, -0.05) is 19.1 Å². The van der Waals surface area contributed by atoms with E-state index in [4.69, 9.17) is 0 Å². The monoisotopic (exact) mass is 396 g/mol. The van der Waals surface area contributed by atoms with E-state index in [0.29, 0.717) is 5.92 Å². The average Bonchev–Trinajstić information content (AvgIpc) is 3.34. The molecule has 1 spiro atoms. The van der Waals surface area contributed by atoms with Gasteiger partial charge >= 0.3 is 6.03 Å². The van der Waals surface area contributed by atoms with E-state index in [9.17, 15) is 9.59 Å². The Kier molecular flexibility index (Phi) is 5.12. The number of carbonyl (C=O) groups excluding carboxylic acids is 2. The van der Waals surface area contributed by atoms with E-state index in [-0.39, 0.29) is 24.6 Å². The van der Waals surface area contributed by atoms with Crippen LogP contribution < -0.4 is 5.32 Å². The van der Waals surface area contributed by atoms with Crippen LogP contribution in [0.4, 0.5) is 4.79 Å². The molecule has 2 aliphatic rings. The molecule has 4 rings (SSSR count). The van der Waals surface area contributed by atoms with Gasteiger partial charge < -0.3 is 5.32 Å². The number of nitrogens with one attached hydrogen (secondary N) is 1. The molecule has 1 aromatic heterocycles. The fraction of sp³-hybridized carbons (Fsp3) is 0.524. The van der Waals surface area contributed by atoms with E-state index in [2.05, 4.69) is 29.2 Å². The van der Waals surface area contributed by atoms with Crippen LogP contribution in [0.15, 0.2) is 36.9 Å². The van der Waals surface area contributed by atoms with Crippen molar-refractivity contribution in [1.29, 1.82) is 0 Å². The minimum Gasteiger partial charge on any atom is -0.323 e. The molecule has 1 saturated heterocycles. The summed E-state index contributed by atoms with van der Waals surface area (Å²) in [6.45, 7) is 4.55. The lowest BCUT2D eigenvalue weighted by atomic mass is 9.77. The lowest BCUT2D eigenvalue weighted by molar-refractivity contribution is -0.134. The summed E-state index contributed by atoms with van der Waals surface area (Å²) < 4.78 is 1.70. The Morgan fingerprint density at radius 2 is 1.93 bits per heavy atom. The molecule has 29 heavy (non-hydrogen) atoms. The van der Waals surface area contributed by atoms with Gasteiger partial charge in [-0.15, -0.1) is 0 Å². The maximum Gasteiger partial charge on any atom is 0.326 e. The molecule has 1 N–H and O–H groups in total. The van der Waals surface area contributed by atoms with Crippen molar-refractivity contribution in [1.82, 2.24) is 29.9 Å². The van der Waals surface area contributed by atoms with Gasteiger partial charge in [0.1, 0.15) is 18.2 Å². The van der Waals surface area contributed by atoms with Crippen LogP contribution >= 0.6 is 0 Å². The fourth-order valence-electron chi connectivity index (χ4n) is 4.25. The number of rotatable bonds is 5. The summed E-state index contributed by atoms with van der Waals surface area (Å²) in [5.74, 6) is 0.539. The Hall–Kier alpha value is -2.74. The number of benzene rings is 1. The van der Waals surface area contributed by atoms with Gasteiger partial charge in [0.25, 0.3) is 5.91 Å².